The Morgan fingerprint density at radius 2 is 2.11 bits per heavy atom. The normalized spacial score (nSPS) is 33.4. The Labute approximate surface area is 113 Å². The van der Waals surface area contributed by atoms with Crippen molar-refractivity contribution in [3.8, 4) is 0 Å². The molecule has 0 amide bonds. The summed E-state index contributed by atoms with van der Waals surface area (Å²) in [6, 6.07) is -0.467. The SMILES string of the molecule is CC1C(C(=O)O)CCN1S(=O)(=O)CC1CCCCO1. The maximum atomic E-state index is 12.3. The molecule has 19 heavy (non-hydrogen) atoms. The van der Waals surface area contributed by atoms with E-state index in [0.29, 0.717) is 19.6 Å². The lowest BCUT2D eigenvalue weighted by Gasteiger charge is -2.27. The third kappa shape index (κ3) is 3.27. The lowest BCUT2D eigenvalue weighted by atomic mass is 10.0. The molecule has 0 aromatic rings. The van der Waals surface area contributed by atoms with Crippen LogP contribution in [-0.2, 0) is 19.6 Å². The zero-order valence-electron chi connectivity index (χ0n) is 11.1. The molecule has 110 valence electrons. The van der Waals surface area contributed by atoms with Crippen LogP contribution >= 0.6 is 0 Å². The van der Waals surface area contributed by atoms with Crippen LogP contribution < -0.4 is 0 Å². The maximum Gasteiger partial charge on any atom is 0.308 e. The highest BCUT2D eigenvalue weighted by molar-refractivity contribution is 7.89. The van der Waals surface area contributed by atoms with Gasteiger partial charge in [-0.05, 0) is 32.6 Å². The maximum absolute atomic E-state index is 12.3. The zero-order valence-corrected chi connectivity index (χ0v) is 11.9. The number of carboxylic acids is 1. The van der Waals surface area contributed by atoms with Crippen LogP contribution in [0.5, 0.6) is 0 Å². The number of nitrogens with zero attached hydrogens (tertiary/aromatic N) is 1. The van der Waals surface area contributed by atoms with Gasteiger partial charge in [-0.2, -0.15) is 4.31 Å². The predicted molar refractivity (Wildman–Crippen MR) is 69.3 cm³/mol. The van der Waals surface area contributed by atoms with Crippen molar-refractivity contribution in [1.82, 2.24) is 4.31 Å². The first-order chi connectivity index (χ1) is 8.92. The summed E-state index contributed by atoms with van der Waals surface area (Å²) in [5.41, 5.74) is 0. The Balaban J connectivity index is 2.01. The van der Waals surface area contributed by atoms with Crippen LogP contribution in [0.3, 0.4) is 0 Å². The van der Waals surface area contributed by atoms with Crippen LogP contribution in [-0.4, -0.2) is 54.8 Å². The van der Waals surface area contributed by atoms with Crippen LogP contribution in [0.25, 0.3) is 0 Å². The average Bonchev–Trinajstić information content (AvgIpc) is 2.72. The molecule has 2 heterocycles. The summed E-state index contributed by atoms with van der Waals surface area (Å²) in [7, 11) is -3.43. The van der Waals surface area contributed by atoms with Crippen molar-refractivity contribution in [3.63, 3.8) is 0 Å². The van der Waals surface area contributed by atoms with E-state index in [1.165, 1.54) is 4.31 Å². The van der Waals surface area contributed by atoms with Gasteiger partial charge in [-0.3, -0.25) is 4.79 Å². The predicted octanol–water partition coefficient (Wildman–Crippen LogP) is 0.680. The number of hydrogen-bond donors (Lipinski definition) is 1. The Bertz CT molecular complexity index is 429. The minimum atomic E-state index is -3.43. The summed E-state index contributed by atoms with van der Waals surface area (Å²) in [6.07, 6.45) is 2.89. The van der Waals surface area contributed by atoms with Crippen molar-refractivity contribution in [2.24, 2.45) is 5.92 Å². The molecule has 3 unspecified atom stereocenters. The third-order valence-electron chi connectivity index (χ3n) is 4.04. The number of rotatable bonds is 4. The second-order valence-corrected chi connectivity index (χ2v) is 7.32. The van der Waals surface area contributed by atoms with Crippen molar-refractivity contribution in [2.45, 2.75) is 44.8 Å². The topological polar surface area (TPSA) is 83.9 Å². The summed E-state index contributed by atoms with van der Waals surface area (Å²) < 4.78 is 31.5. The fourth-order valence-corrected chi connectivity index (χ4v) is 4.86. The van der Waals surface area contributed by atoms with Gasteiger partial charge in [-0.15, -0.1) is 0 Å². The molecular formula is C12H21NO5S. The molecule has 2 fully saturated rings. The Morgan fingerprint density at radius 1 is 1.37 bits per heavy atom. The highest BCUT2D eigenvalue weighted by Gasteiger charge is 2.42. The van der Waals surface area contributed by atoms with Crippen molar-refractivity contribution in [1.29, 1.82) is 0 Å². The van der Waals surface area contributed by atoms with Gasteiger partial charge in [-0.1, -0.05) is 0 Å². The van der Waals surface area contributed by atoms with Gasteiger partial charge in [0.1, 0.15) is 0 Å². The van der Waals surface area contributed by atoms with E-state index in [4.69, 9.17) is 9.84 Å². The fourth-order valence-electron chi connectivity index (χ4n) is 2.90. The molecule has 0 spiro atoms. The molecule has 0 bridgehead atoms. The number of carboxylic acid groups (broad SMARTS) is 1. The van der Waals surface area contributed by atoms with Crippen LogP contribution in [0.15, 0.2) is 0 Å². The van der Waals surface area contributed by atoms with Crippen LogP contribution in [0, 0.1) is 5.92 Å². The second-order valence-electron chi connectivity index (χ2n) is 5.35. The third-order valence-corrected chi connectivity index (χ3v) is 6.06. The van der Waals surface area contributed by atoms with E-state index in [1.54, 1.807) is 6.92 Å². The highest BCUT2D eigenvalue weighted by atomic mass is 32.2. The first kappa shape index (κ1) is 14.7. The van der Waals surface area contributed by atoms with E-state index in [2.05, 4.69) is 0 Å². The van der Waals surface area contributed by atoms with E-state index in [1.807, 2.05) is 0 Å². The minimum absolute atomic E-state index is 0.0241. The monoisotopic (exact) mass is 291 g/mol. The summed E-state index contributed by atoms with van der Waals surface area (Å²) in [6.45, 7) is 2.59. The second kappa shape index (κ2) is 5.76. The van der Waals surface area contributed by atoms with Crippen molar-refractivity contribution >= 4 is 16.0 Å². The molecule has 0 aromatic carbocycles. The average molecular weight is 291 g/mol. The van der Waals surface area contributed by atoms with Crippen LogP contribution in [0.2, 0.25) is 0 Å². The molecule has 2 aliphatic rings. The van der Waals surface area contributed by atoms with Gasteiger partial charge >= 0.3 is 5.97 Å². The number of ether oxygens (including phenoxy) is 1. The Hall–Kier alpha value is -0.660. The highest BCUT2D eigenvalue weighted by Crippen LogP contribution is 2.28. The molecule has 6 nitrogen and oxygen atoms in total. The standard InChI is InChI=1S/C12H21NO5S/c1-9-11(12(14)15)5-6-13(9)19(16,17)8-10-4-2-3-7-18-10/h9-11H,2-8H2,1H3,(H,14,15). The zero-order chi connectivity index (χ0) is 14.0. The lowest BCUT2D eigenvalue weighted by molar-refractivity contribution is -0.142. The van der Waals surface area contributed by atoms with Crippen molar-refractivity contribution in [3.05, 3.63) is 0 Å². The van der Waals surface area contributed by atoms with Crippen molar-refractivity contribution < 1.29 is 23.1 Å². The molecule has 0 radical (unpaired) electrons. The molecule has 2 aliphatic heterocycles. The molecule has 3 atom stereocenters. The first-order valence-electron chi connectivity index (χ1n) is 6.76. The largest absolute Gasteiger partial charge is 0.481 e. The van der Waals surface area contributed by atoms with Gasteiger partial charge in [0.15, 0.2) is 0 Å². The van der Waals surface area contributed by atoms with E-state index in [0.717, 1.165) is 19.3 Å². The number of carbonyl (C=O) groups is 1. The smallest absolute Gasteiger partial charge is 0.308 e. The quantitative estimate of drug-likeness (QED) is 0.823. The number of aliphatic carboxylic acids is 1. The number of sulfonamides is 1. The summed E-state index contributed by atoms with van der Waals surface area (Å²) in [5.74, 6) is -1.54. The molecule has 7 heteroatoms. The van der Waals surface area contributed by atoms with Gasteiger partial charge in [-0.25, -0.2) is 8.42 Å². The molecule has 2 saturated heterocycles. The molecule has 0 saturated carbocycles. The van der Waals surface area contributed by atoms with Gasteiger partial charge in [0.2, 0.25) is 10.0 Å². The first-order valence-corrected chi connectivity index (χ1v) is 8.36. The lowest BCUT2D eigenvalue weighted by Crippen LogP contribution is -2.42. The van der Waals surface area contributed by atoms with E-state index >= 15 is 0 Å². The van der Waals surface area contributed by atoms with E-state index in [9.17, 15) is 13.2 Å². The van der Waals surface area contributed by atoms with Gasteiger partial charge < -0.3 is 9.84 Å². The molecule has 1 N–H and O–H groups in total. The fraction of sp³-hybridized carbons (Fsp3) is 0.917. The molecular weight excluding hydrogens is 270 g/mol. The summed E-state index contributed by atoms with van der Waals surface area (Å²) >= 11 is 0. The molecule has 0 aliphatic carbocycles. The Kier molecular flexibility index (Phi) is 4.47. The summed E-state index contributed by atoms with van der Waals surface area (Å²) in [5, 5.41) is 9.04. The van der Waals surface area contributed by atoms with Crippen molar-refractivity contribution in [2.75, 3.05) is 18.9 Å². The van der Waals surface area contributed by atoms with Gasteiger partial charge in [0.25, 0.3) is 0 Å². The minimum Gasteiger partial charge on any atom is -0.481 e. The van der Waals surface area contributed by atoms with Gasteiger partial charge in [0, 0.05) is 19.2 Å². The van der Waals surface area contributed by atoms with Gasteiger partial charge in [0.05, 0.1) is 17.8 Å². The van der Waals surface area contributed by atoms with E-state index in [-0.39, 0.29) is 11.9 Å². The molecule has 0 aromatic heterocycles. The molecule has 2 rings (SSSR count). The van der Waals surface area contributed by atoms with Crippen LogP contribution in [0.4, 0.5) is 0 Å². The Morgan fingerprint density at radius 3 is 2.63 bits per heavy atom. The summed E-state index contributed by atoms with van der Waals surface area (Å²) in [4.78, 5) is 11.0. The van der Waals surface area contributed by atoms with E-state index < -0.39 is 28.0 Å². The number of hydrogen-bond acceptors (Lipinski definition) is 4. The van der Waals surface area contributed by atoms with Crippen LogP contribution in [0.1, 0.15) is 32.6 Å².